The zero-order valence-corrected chi connectivity index (χ0v) is 7.63. The summed E-state index contributed by atoms with van der Waals surface area (Å²) < 4.78 is 0. The molecule has 0 heterocycles. The second-order valence-corrected chi connectivity index (χ2v) is 3.09. The van der Waals surface area contributed by atoms with Gasteiger partial charge in [-0.25, -0.2) is 0 Å². The SMILES string of the molecule is [C]1=C/C=C\CC/C=C\CCCC/1. The average Bonchev–Trinajstić information content (AvgIpc) is 2.05. The van der Waals surface area contributed by atoms with Crippen molar-refractivity contribution < 1.29 is 0 Å². The van der Waals surface area contributed by atoms with Gasteiger partial charge < -0.3 is 0 Å². The third kappa shape index (κ3) is 4.95. The van der Waals surface area contributed by atoms with Crippen LogP contribution in [0.1, 0.15) is 38.5 Å². The summed E-state index contributed by atoms with van der Waals surface area (Å²) in [5.74, 6) is 0. The van der Waals surface area contributed by atoms with E-state index in [2.05, 4.69) is 30.4 Å². The van der Waals surface area contributed by atoms with Crippen molar-refractivity contribution in [1.82, 2.24) is 0 Å². The Hall–Kier alpha value is -0.780. The molecule has 0 aromatic carbocycles. The molecule has 0 bridgehead atoms. The van der Waals surface area contributed by atoms with Crippen molar-refractivity contribution in [3.05, 3.63) is 36.5 Å². The quantitative estimate of drug-likeness (QED) is 0.474. The first-order valence-corrected chi connectivity index (χ1v) is 4.87. The molecule has 0 saturated heterocycles. The van der Waals surface area contributed by atoms with E-state index >= 15 is 0 Å². The van der Waals surface area contributed by atoms with Crippen molar-refractivity contribution in [3.8, 4) is 0 Å². The van der Waals surface area contributed by atoms with Gasteiger partial charge in [-0.15, -0.1) is 0 Å². The van der Waals surface area contributed by atoms with Crippen LogP contribution in [-0.2, 0) is 0 Å². The van der Waals surface area contributed by atoms with Gasteiger partial charge in [0.05, 0.1) is 0 Å². The maximum absolute atomic E-state index is 3.27. The molecule has 0 N–H and O–H groups in total. The second-order valence-electron chi connectivity index (χ2n) is 3.09. The van der Waals surface area contributed by atoms with Gasteiger partial charge in [-0.3, -0.25) is 0 Å². The molecule has 0 aliphatic heterocycles. The molecule has 1 radical (unpaired) electrons. The van der Waals surface area contributed by atoms with Crippen molar-refractivity contribution in [2.24, 2.45) is 0 Å². The molecule has 65 valence electrons. The van der Waals surface area contributed by atoms with E-state index in [0.29, 0.717) is 0 Å². The van der Waals surface area contributed by atoms with Crippen LogP contribution in [0.3, 0.4) is 0 Å². The summed E-state index contributed by atoms with van der Waals surface area (Å²) in [6, 6.07) is 0. The van der Waals surface area contributed by atoms with E-state index in [0.717, 1.165) is 12.8 Å². The fraction of sp³-hybridized carbons (Fsp3) is 0.500. The summed E-state index contributed by atoms with van der Waals surface area (Å²) in [5, 5.41) is 0. The molecule has 0 aromatic rings. The highest BCUT2D eigenvalue weighted by molar-refractivity contribution is 5.00. The minimum absolute atomic E-state index is 1.11. The van der Waals surface area contributed by atoms with E-state index in [1.165, 1.54) is 25.7 Å². The monoisotopic (exact) mass is 161 g/mol. The molecule has 0 aromatic heterocycles. The number of rotatable bonds is 0. The number of hydrogen-bond donors (Lipinski definition) is 0. The van der Waals surface area contributed by atoms with Crippen molar-refractivity contribution in [2.75, 3.05) is 0 Å². The van der Waals surface area contributed by atoms with Crippen molar-refractivity contribution in [2.45, 2.75) is 38.5 Å². The van der Waals surface area contributed by atoms with Crippen LogP contribution in [0, 0.1) is 6.08 Å². The normalized spacial score (nSPS) is 28.0. The summed E-state index contributed by atoms with van der Waals surface area (Å²) in [6.45, 7) is 0. The average molecular weight is 161 g/mol. The van der Waals surface area contributed by atoms with Gasteiger partial charge in [-0.2, -0.15) is 0 Å². The maximum Gasteiger partial charge on any atom is -0.0276 e. The van der Waals surface area contributed by atoms with Crippen LogP contribution in [0.5, 0.6) is 0 Å². The first-order valence-electron chi connectivity index (χ1n) is 4.87. The van der Waals surface area contributed by atoms with Gasteiger partial charge in [0, 0.05) is 0 Å². The largest absolute Gasteiger partial charge is 0.0885 e. The summed E-state index contributed by atoms with van der Waals surface area (Å²) >= 11 is 0. The minimum Gasteiger partial charge on any atom is -0.0885 e. The van der Waals surface area contributed by atoms with E-state index in [-0.39, 0.29) is 0 Å². The Balaban J connectivity index is 2.31. The molecule has 12 heavy (non-hydrogen) atoms. The molecule has 0 spiro atoms. The summed E-state index contributed by atoms with van der Waals surface area (Å²) in [5.41, 5.74) is 0. The molecule has 0 saturated carbocycles. The first kappa shape index (κ1) is 9.31. The standard InChI is InChI=1S/C12H17/c1-2-4-6-8-10-12-11-9-7-5-3-1/h1-3,8,10H,4,6-7,9,11-12H2/b2-1-,5-3?,10-8-. The van der Waals surface area contributed by atoms with Crippen LogP contribution in [0.4, 0.5) is 0 Å². The molecule has 1 rings (SSSR count). The number of hydrogen-bond acceptors (Lipinski definition) is 0. The van der Waals surface area contributed by atoms with Gasteiger partial charge in [-0.05, 0) is 44.6 Å². The Morgan fingerprint density at radius 3 is 2.67 bits per heavy atom. The molecule has 0 heteroatoms. The van der Waals surface area contributed by atoms with E-state index < -0.39 is 0 Å². The van der Waals surface area contributed by atoms with E-state index in [9.17, 15) is 0 Å². The van der Waals surface area contributed by atoms with E-state index in [1.54, 1.807) is 0 Å². The topological polar surface area (TPSA) is 0 Å². The Labute approximate surface area is 75.7 Å². The van der Waals surface area contributed by atoms with Crippen LogP contribution >= 0.6 is 0 Å². The van der Waals surface area contributed by atoms with Crippen LogP contribution in [0.25, 0.3) is 0 Å². The molecular formula is C12H17. The Bertz CT molecular complexity index is 172. The van der Waals surface area contributed by atoms with Crippen LogP contribution in [0.15, 0.2) is 30.4 Å². The second kappa shape index (κ2) is 6.90. The van der Waals surface area contributed by atoms with E-state index in [1.807, 2.05) is 6.08 Å². The number of allylic oxidation sites excluding steroid dienone is 6. The molecule has 0 unspecified atom stereocenters. The Kier molecular flexibility index (Phi) is 5.35. The van der Waals surface area contributed by atoms with Crippen molar-refractivity contribution in [1.29, 1.82) is 0 Å². The lowest BCUT2D eigenvalue weighted by atomic mass is 10.1. The van der Waals surface area contributed by atoms with Crippen molar-refractivity contribution in [3.63, 3.8) is 0 Å². The zero-order chi connectivity index (χ0) is 8.49. The Morgan fingerprint density at radius 1 is 0.833 bits per heavy atom. The smallest absolute Gasteiger partial charge is 0.0276 e. The van der Waals surface area contributed by atoms with Crippen LogP contribution in [0.2, 0.25) is 0 Å². The lowest BCUT2D eigenvalue weighted by Crippen LogP contribution is -1.74. The van der Waals surface area contributed by atoms with Gasteiger partial charge in [-0.1, -0.05) is 30.4 Å². The molecule has 0 atom stereocenters. The van der Waals surface area contributed by atoms with E-state index in [4.69, 9.17) is 0 Å². The van der Waals surface area contributed by atoms with Gasteiger partial charge in [0.1, 0.15) is 0 Å². The Morgan fingerprint density at radius 2 is 1.67 bits per heavy atom. The maximum atomic E-state index is 3.27. The predicted octanol–water partition coefficient (Wildman–Crippen LogP) is 3.81. The van der Waals surface area contributed by atoms with Crippen LogP contribution < -0.4 is 0 Å². The summed E-state index contributed by atoms with van der Waals surface area (Å²) in [6.07, 6.45) is 21.5. The molecule has 0 amide bonds. The van der Waals surface area contributed by atoms with Gasteiger partial charge >= 0.3 is 0 Å². The summed E-state index contributed by atoms with van der Waals surface area (Å²) in [4.78, 5) is 0. The molecule has 1 aliphatic rings. The van der Waals surface area contributed by atoms with Gasteiger partial charge in [0.15, 0.2) is 0 Å². The van der Waals surface area contributed by atoms with Gasteiger partial charge in [0.2, 0.25) is 0 Å². The zero-order valence-electron chi connectivity index (χ0n) is 7.63. The lowest BCUT2D eigenvalue weighted by Gasteiger charge is -1.93. The molecule has 0 nitrogen and oxygen atoms in total. The first-order chi connectivity index (χ1) is 6.00. The molecule has 0 fully saturated rings. The highest BCUT2D eigenvalue weighted by Gasteiger charge is 1.84. The lowest BCUT2D eigenvalue weighted by molar-refractivity contribution is 0.752. The predicted molar refractivity (Wildman–Crippen MR) is 53.8 cm³/mol. The molecule has 1 aliphatic carbocycles. The fourth-order valence-electron chi connectivity index (χ4n) is 1.23. The minimum atomic E-state index is 1.11. The third-order valence-electron chi connectivity index (χ3n) is 1.96. The highest BCUT2D eigenvalue weighted by Crippen LogP contribution is 2.04. The molecular weight excluding hydrogens is 144 g/mol. The third-order valence-corrected chi connectivity index (χ3v) is 1.96. The van der Waals surface area contributed by atoms with Crippen LogP contribution in [-0.4, -0.2) is 0 Å². The fourth-order valence-corrected chi connectivity index (χ4v) is 1.23. The van der Waals surface area contributed by atoms with Gasteiger partial charge in [0.25, 0.3) is 0 Å². The highest BCUT2D eigenvalue weighted by atomic mass is 13.9. The van der Waals surface area contributed by atoms with Crippen molar-refractivity contribution >= 4 is 0 Å². The summed E-state index contributed by atoms with van der Waals surface area (Å²) in [7, 11) is 0.